The van der Waals surface area contributed by atoms with Crippen molar-refractivity contribution in [1.82, 2.24) is 4.98 Å². The second kappa shape index (κ2) is 6.64. The third-order valence-electron chi connectivity index (χ3n) is 1.53. The van der Waals surface area contributed by atoms with Crippen LogP contribution in [0.5, 0.6) is 0 Å². The number of carbonyl (C=O) groups excluding carboxylic acids is 1. The van der Waals surface area contributed by atoms with Crippen LogP contribution in [0.25, 0.3) is 0 Å². The third kappa shape index (κ3) is 4.45. The standard InChI is InChI=1S/C9H13NO3S/c1-12-3-4-13-7-8(11)6-9-10-2-5-14-9/h2,5H,3-4,6-7H2,1H3. The van der Waals surface area contributed by atoms with Gasteiger partial charge in [0, 0.05) is 18.7 Å². The van der Waals surface area contributed by atoms with Gasteiger partial charge in [-0.15, -0.1) is 11.3 Å². The van der Waals surface area contributed by atoms with Gasteiger partial charge in [0.05, 0.1) is 24.6 Å². The molecular formula is C9H13NO3S. The molecule has 4 nitrogen and oxygen atoms in total. The van der Waals surface area contributed by atoms with Crippen molar-refractivity contribution < 1.29 is 14.3 Å². The summed E-state index contributed by atoms with van der Waals surface area (Å²) in [6, 6.07) is 0. The van der Waals surface area contributed by atoms with Crippen molar-refractivity contribution in [2.75, 3.05) is 26.9 Å². The van der Waals surface area contributed by atoms with E-state index in [0.29, 0.717) is 19.6 Å². The Labute approximate surface area is 86.9 Å². The summed E-state index contributed by atoms with van der Waals surface area (Å²) >= 11 is 1.48. The fourth-order valence-corrected chi connectivity index (χ4v) is 1.53. The molecule has 1 rings (SSSR count). The van der Waals surface area contributed by atoms with Crippen molar-refractivity contribution in [3.8, 4) is 0 Å². The summed E-state index contributed by atoms with van der Waals surface area (Å²) in [5.41, 5.74) is 0. The Bertz CT molecular complexity index is 261. The Hall–Kier alpha value is -0.780. The molecule has 0 unspecified atom stereocenters. The Morgan fingerprint density at radius 3 is 3.07 bits per heavy atom. The minimum absolute atomic E-state index is 0.0519. The SMILES string of the molecule is COCCOCC(=O)Cc1nccs1. The van der Waals surface area contributed by atoms with Crippen LogP contribution in [0.15, 0.2) is 11.6 Å². The van der Waals surface area contributed by atoms with Crippen molar-refractivity contribution in [1.29, 1.82) is 0 Å². The minimum Gasteiger partial charge on any atom is -0.382 e. The van der Waals surface area contributed by atoms with Crippen LogP contribution >= 0.6 is 11.3 Å². The van der Waals surface area contributed by atoms with E-state index in [1.165, 1.54) is 11.3 Å². The minimum atomic E-state index is 0.0519. The summed E-state index contributed by atoms with van der Waals surface area (Å²) in [5.74, 6) is 0.0519. The number of thiazole rings is 1. The number of hydrogen-bond acceptors (Lipinski definition) is 5. The average Bonchev–Trinajstić information content (AvgIpc) is 2.65. The van der Waals surface area contributed by atoms with Gasteiger partial charge in [-0.2, -0.15) is 0 Å². The number of carbonyl (C=O) groups is 1. The van der Waals surface area contributed by atoms with E-state index >= 15 is 0 Å². The van der Waals surface area contributed by atoms with Gasteiger partial charge in [-0.1, -0.05) is 0 Å². The summed E-state index contributed by atoms with van der Waals surface area (Å²) < 4.78 is 9.87. The van der Waals surface area contributed by atoms with E-state index in [9.17, 15) is 4.79 Å². The zero-order valence-corrected chi connectivity index (χ0v) is 8.88. The van der Waals surface area contributed by atoms with Gasteiger partial charge >= 0.3 is 0 Å². The molecule has 1 heterocycles. The molecule has 0 saturated heterocycles. The summed E-state index contributed by atoms with van der Waals surface area (Å²) in [4.78, 5) is 15.3. The van der Waals surface area contributed by atoms with Gasteiger partial charge in [-0.3, -0.25) is 4.79 Å². The highest BCUT2D eigenvalue weighted by molar-refractivity contribution is 7.09. The van der Waals surface area contributed by atoms with E-state index in [-0.39, 0.29) is 12.4 Å². The first-order valence-electron chi connectivity index (χ1n) is 4.29. The molecular weight excluding hydrogens is 202 g/mol. The van der Waals surface area contributed by atoms with Crippen LogP contribution in [0.1, 0.15) is 5.01 Å². The van der Waals surface area contributed by atoms with E-state index in [1.807, 2.05) is 5.38 Å². The number of aromatic nitrogens is 1. The summed E-state index contributed by atoms with van der Waals surface area (Å²) in [6.07, 6.45) is 2.06. The molecule has 0 aliphatic carbocycles. The number of Topliss-reactive ketones (excluding diaryl/α,β-unsaturated/α-hetero) is 1. The summed E-state index contributed by atoms with van der Waals surface area (Å²) in [7, 11) is 1.60. The summed E-state index contributed by atoms with van der Waals surface area (Å²) in [5, 5.41) is 2.69. The van der Waals surface area contributed by atoms with Crippen molar-refractivity contribution in [2.45, 2.75) is 6.42 Å². The average molecular weight is 215 g/mol. The lowest BCUT2D eigenvalue weighted by molar-refractivity contribution is -0.123. The Morgan fingerprint density at radius 1 is 1.57 bits per heavy atom. The molecule has 1 aromatic rings. The first-order chi connectivity index (χ1) is 6.83. The molecule has 1 aromatic heterocycles. The lowest BCUT2D eigenvalue weighted by atomic mass is 10.3. The quantitative estimate of drug-likeness (QED) is 0.634. The van der Waals surface area contributed by atoms with Crippen LogP contribution < -0.4 is 0 Å². The molecule has 0 amide bonds. The Morgan fingerprint density at radius 2 is 2.43 bits per heavy atom. The van der Waals surface area contributed by atoms with E-state index in [4.69, 9.17) is 9.47 Å². The highest BCUT2D eigenvalue weighted by Crippen LogP contribution is 2.04. The second-order valence-electron chi connectivity index (χ2n) is 2.69. The molecule has 0 bridgehead atoms. The maximum atomic E-state index is 11.3. The van der Waals surface area contributed by atoms with Gasteiger partial charge in [0.2, 0.25) is 0 Å². The van der Waals surface area contributed by atoms with Crippen LogP contribution in [0, 0.1) is 0 Å². The molecule has 78 valence electrons. The van der Waals surface area contributed by atoms with Crippen LogP contribution in [0.2, 0.25) is 0 Å². The number of ketones is 1. The topological polar surface area (TPSA) is 48.4 Å². The van der Waals surface area contributed by atoms with E-state index < -0.39 is 0 Å². The fraction of sp³-hybridized carbons (Fsp3) is 0.556. The van der Waals surface area contributed by atoms with Gasteiger partial charge in [0.15, 0.2) is 5.78 Å². The Balaban J connectivity index is 2.11. The maximum absolute atomic E-state index is 11.3. The first kappa shape index (κ1) is 11.3. The van der Waals surface area contributed by atoms with Gasteiger partial charge in [-0.25, -0.2) is 4.98 Å². The van der Waals surface area contributed by atoms with E-state index in [2.05, 4.69) is 4.98 Å². The fourth-order valence-electron chi connectivity index (χ4n) is 0.888. The van der Waals surface area contributed by atoms with Crippen molar-refractivity contribution in [3.05, 3.63) is 16.6 Å². The van der Waals surface area contributed by atoms with Crippen LogP contribution in [-0.4, -0.2) is 37.7 Å². The van der Waals surface area contributed by atoms with E-state index in [0.717, 1.165) is 5.01 Å². The van der Waals surface area contributed by atoms with Crippen LogP contribution in [0.3, 0.4) is 0 Å². The molecule has 0 spiro atoms. The number of hydrogen-bond donors (Lipinski definition) is 0. The zero-order valence-electron chi connectivity index (χ0n) is 8.06. The maximum Gasteiger partial charge on any atom is 0.165 e. The lowest BCUT2D eigenvalue weighted by Crippen LogP contribution is -2.13. The number of nitrogens with zero attached hydrogens (tertiary/aromatic N) is 1. The first-order valence-corrected chi connectivity index (χ1v) is 5.17. The zero-order chi connectivity index (χ0) is 10.2. The molecule has 14 heavy (non-hydrogen) atoms. The van der Waals surface area contributed by atoms with E-state index in [1.54, 1.807) is 13.3 Å². The normalized spacial score (nSPS) is 10.4. The molecule has 0 aromatic carbocycles. The largest absolute Gasteiger partial charge is 0.382 e. The van der Waals surface area contributed by atoms with Gasteiger partial charge in [-0.05, 0) is 0 Å². The predicted molar refractivity (Wildman–Crippen MR) is 53.5 cm³/mol. The van der Waals surface area contributed by atoms with Crippen molar-refractivity contribution >= 4 is 17.1 Å². The third-order valence-corrected chi connectivity index (χ3v) is 2.31. The molecule has 0 radical (unpaired) electrons. The van der Waals surface area contributed by atoms with Gasteiger partial charge < -0.3 is 9.47 Å². The number of rotatable bonds is 7. The molecule has 0 N–H and O–H groups in total. The van der Waals surface area contributed by atoms with Crippen LogP contribution in [0.4, 0.5) is 0 Å². The van der Waals surface area contributed by atoms with Crippen LogP contribution in [-0.2, 0) is 20.7 Å². The number of ether oxygens (including phenoxy) is 2. The Kier molecular flexibility index (Phi) is 5.36. The second-order valence-corrected chi connectivity index (χ2v) is 3.67. The molecule has 0 aliphatic rings. The molecule has 0 saturated carbocycles. The van der Waals surface area contributed by atoms with Gasteiger partial charge in [0.1, 0.15) is 6.61 Å². The highest BCUT2D eigenvalue weighted by Gasteiger charge is 2.05. The molecule has 0 fully saturated rings. The van der Waals surface area contributed by atoms with Gasteiger partial charge in [0.25, 0.3) is 0 Å². The molecule has 0 atom stereocenters. The molecule has 5 heteroatoms. The van der Waals surface area contributed by atoms with Crippen molar-refractivity contribution in [3.63, 3.8) is 0 Å². The predicted octanol–water partition coefficient (Wildman–Crippen LogP) is 0.918. The molecule has 0 aliphatic heterocycles. The number of methoxy groups -OCH3 is 1. The van der Waals surface area contributed by atoms with Crippen molar-refractivity contribution in [2.24, 2.45) is 0 Å². The monoisotopic (exact) mass is 215 g/mol. The smallest absolute Gasteiger partial charge is 0.165 e. The highest BCUT2D eigenvalue weighted by atomic mass is 32.1. The lowest BCUT2D eigenvalue weighted by Gasteiger charge is -2.01. The summed E-state index contributed by atoms with van der Waals surface area (Å²) in [6.45, 7) is 1.12.